The van der Waals surface area contributed by atoms with Crippen molar-refractivity contribution in [3.8, 4) is 0 Å². The van der Waals surface area contributed by atoms with Gasteiger partial charge in [0.2, 0.25) is 5.95 Å². The largest absolute Gasteiger partial charge is 0.341 e. The number of nitrogens with zero attached hydrogens (tertiary/aromatic N) is 3. The van der Waals surface area contributed by atoms with Gasteiger partial charge in [-0.1, -0.05) is 20.8 Å². The van der Waals surface area contributed by atoms with E-state index in [0.717, 1.165) is 18.1 Å². The first-order valence-electron chi connectivity index (χ1n) is 7.29. The lowest BCUT2D eigenvalue weighted by Gasteiger charge is -2.35. The second-order valence-electron chi connectivity index (χ2n) is 7.65. The van der Waals surface area contributed by atoms with E-state index >= 15 is 0 Å². The molecule has 1 rings (SSSR count). The second kappa shape index (κ2) is 6.08. The van der Waals surface area contributed by atoms with Crippen molar-refractivity contribution in [3.05, 3.63) is 18.0 Å². The lowest BCUT2D eigenvalue weighted by molar-refractivity contribution is 0.327. The molecule has 0 aliphatic rings. The number of aromatic nitrogens is 2. The monoisotopic (exact) mass is 278 g/mol. The Hall–Kier alpha value is -1.16. The molecule has 0 radical (unpaired) electrons. The third-order valence-electron chi connectivity index (χ3n) is 3.66. The molecule has 1 aromatic heterocycles. The molecule has 0 aliphatic carbocycles. The van der Waals surface area contributed by atoms with Gasteiger partial charge in [-0.15, -0.1) is 0 Å². The van der Waals surface area contributed by atoms with Gasteiger partial charge in [-0.05, 0) is 33.1 Å². The molecule has 0 saturated carbocycles. The van der Waals surface area contributed by atoms with Gasteiger partial charge in [-0.2, -0.15) is 0 Å². The summed E-state index contributed by atoms with van der Waals surface area (Å²) < 4.78 is 0. The number of hydrogen-bond acceptors (Lipinski definition) is 4. The Balaban J connectivity index is 2.71. The summed E-state index contributed by atoms with van der Waals surface area (Å²) in [4.78, 5) is 11.1. The summed E-state index contributed by atoms with van der Waals surface area (Å²) in [5.41, 5.74) is 1.42. The molecular formula is C16H30N4. The number of nitrogens with one attached hydrogen (secondary N) is 1. The van der Waals surface area contributed by atoms with E-state index in [1.54, 1.807) is 0 Å². The zero-order valence-corrected chi connectivity index (χ0v) is 14.3. The Morgan fingerprint density at radius 3 is 2.00 bits per heavy atom. The van der Waals surface area contributed by atoms with Crippen LogP contribution in [0.3, 0.4) is 0 Å². The van der Waals surface area contributed by atoms with E-state index in [-0.39, 0.29) is 11.0 Å². The molecule has 0 amide bonds. The van der Waals surface area contributed by atoms with Crippen LogP contribution in [0.15, 0.2) is 12.4 Å². The highest BCUT2D eigenvalue weighted by Crippen LogP contribution is 2.25. The molecule has 1 atom stereocenters. The molecular weight excluding hydrogens is 248 g/mol. The van der Waals surface area contributed by atoms with Gasteiger partial charge in [0.1, 0.15) is 0 Å². The fourth-order valence-corrected chi connectivity index (χ4v) is 1.74. The Kier molecular flexibility index (Phi) is 5.14. The van der Waals surface area contributed by atoms with E-state index in [0.29, 0.717) is 6.04 Å². The van der Waals surface area contributed by atoms with Gasteiger partial charge in [-0.25, -0.2) is 9.97 Å². The fourth-order valence-electron chi connectivity index (χ4n) is 1.74. The van der Waals surface area contributed by atoms with Crippen molar-refractivity contribution in [3.63, 3.8) is 0 Å². The summed E-state index contributed by atoms with van der Waals surface area (Å²) >= 11 is 0. The first-order chi connectivity index (χ1) is 9.00. The van der Waals surface area contributed by atoms with Gasteiger partial charge in [-0.3, -0.25) is 0 Å². The van der Waals surface area contributed by atoms with Crippen LogP contribution in [0.1, 0.15) is 54.0 Å². The first kappa shape index (κ1) is 16.9. The van der Waals surface area contributed by atoms with E-state index < -0.39 is 0 Å². The standard InChI is InChI=1S/C16H30N4/c1-12(15(2,3)4)20(8)14-17-9-13(10-18-14)11-19-16(5,6)7/h9-10,12,19H,11H2,1-8H3. The van der Waals surface area contributed by atoms with Crippen LogP contribution < -0.4 is 10.2 Å². The summed E-state index contributed by atoms with van der Waals surface area (Å²) in [6.45, 7) is 16.2. The lowest BCUT2D eigenvalue weighted by atomic mass is 9.87. The number of anilines is 1. The highest BCUT2D eigenvalue weighted by atomic mass is 15.3. The molecule has 0 saturated heterocycles. The minimum absolute atomic E-state index is 0.107. The molecule has 0 aliphatic heterocycles. The summed E-state index contributed by atoms with van der Waals surface area (Å²) in [6.07, 6.45) is 3.82. The lowest BCUT2D eigenvalue weighted by Crippen LogP contribution is -2.40. The number of rotatable bonds is 4. The van der Waals surface area contributed by atoms with Crippen LogP contribution in [-0.4, -0.2) is 28.6 Å². The first-order valence-corrected chi connectivity index (χ1v) is 7.29. The normalized spacial score (nSPS) is 14.2. The van der Waals surface area contributed by atoms with Gasteiger partial charge >= 0.3 is 0 Å². The Bertz CT molecular complexity index is 412. The molecule has 0 aromatic carbocycles. The molecule has 4 nitrogen and oxygen atoms in total. The third kappa shape index (κ3) is 5.08. The highest BCUT2D eigenvalue weighted by Gasteiger charge is 2.25. The van der Waals surface area contributed by atoms with E-state index in [4.69, 9.17) is 0 Å². The number of hydrogen-bond donors (Lipinski definition) is 1. The van der Waals surface area contributed by atoms with Crippen molar-refractivity contribution in [1.29, 1.82) is 0 Å². The third-order valence-corrected chi connectivity index (χ3v) is 3.66. The van der Waals surface area contributed by atoms with Crippen LogP contribution in [0.2, 0.25) is 0 Å². The Labute approximate surface area is 124 Å². The van der Waals surface area contributed by atoms with Crippen LogP contribution in [0, 0.1) is 5.41 Å². The average molecular weight is 278 g/mol. The quantitative estimate of drug-likeness (QED) is 0.918. The van der Waals surface area contributed by atoms with Crippen LogP contribution >= 0.6 is 0 Å². The van der Waals surface area contributed by atoms with E-state index in [2.05, 4.69) is 75.7 Å². The van der Waals surface area contributed by atoms with Gasteiger partial charge in [0.25, 0.3) is 0 Å². The summed E-state index contributed by atoms with van der Waals surface area (Å²) in [7, 11) is 2.05. The van der Waals surface area contributed by atoms with Crippen LogP contribution in [0.5, 0.6) is 0 Å². The van der Waals surface area contributed by atoms with Crippen molar-refractivity contribution < 1.29 is 0 Å². The van der Waals surface area contributed by atoms with Crippen molar-refractivity contribution in [1.82, 2.24) is 15.3 Å². The Morgan fingerprint density at radius 1 is 1.10 bits per heavy atom. The molecule has 4 heteroatoms. The van der Waals surface area contributed by atoms with Gasteiger partial charge < -0.3 is 10.2 Å². The zero-order valence-electron chi connectivity index (χ0n) is 14.3. The van der Waals surface area contributed by atoms with Crippen LogP contribution in [-0.2, 0) is 6.54 Å². The molecule has 0 fully saturated rings. The maximum Gasteiger partial charge on any atom is 0.225 e. The predicted molar refractivity (Wildman–Crippen MR) is 85.9 cm³/mol. The average Bonchev–Trinajstić information content (AvgIpc) is 2.33. The summed E-state index contributed by atoms with van der Waals surface area (Å²) in [5, 5.41) is 3.44. The van der Waals surface area contributed by atoms with Gasteiger partial charge in [0.05, 0.1) is 0 Å². The van der Waals surface area contributed by atoms with Gasteiger partial charge in [0, 0.05) is 43.1 Å². The second-order valence-corrected chi connectivity index (χ2v) is 7.65. The van der Waals surface area contributed by atoms with Crippen molar-refractivity contribution in [2.45, 2.75) is 66.6 Å². The molecule has 1 heterocycles. The van der Waals surface area contributed by atoms with Crippen molar-refractivity contribution >= 4 is 5.95 Å². The van der Waals surface area contributed by atoms with E-state index in [1.165, 1.54) is 0 Å². The van der Waals surface area contributed by atoms with Crippen molar-refractivity contribution in [2.75, 3.05) is 11.9 Å². The fraction of sp³-hybridized carbons (Fsp3) is 0.750. The van der Waals surface area contributed by atoms with E-state index in [1.807, 2.05) is 12.4 Å². The van der Waals surface area contributed by atoms with Gasteiger partial charge in [0.15, 0.2) is 0 Å². The zero-order chi connectivity index (χ0) is 15.6. The van der Waals surface area contributed by atoms with Crippen LogP contribution in [0.4, 0.5) is 5.95 Å². The summed E-state index contributed by atoms with van der Waals surface area (Å²) in [5.74, 6) is 0.784. The molecule has 0 spiro atoms. The Morgan fingerprint density at radius 2 is 1.60 bits per heavy atom. The maximum atomic E-state index is 4.49. The smallest absolute Gasteiger partial charge is 0.225 e. The molecule has 20 heavy (non-hydrogen) atoms. The molecule has 1 N–H and O–H groups in total. The van der Waals surface area contributed by atoms with Crippen LogP contribution in [0.25, 0.3) is 0 Å². The summed E-state index contributed by atoms with van der Waals surface area (Å²) in [6, 6.07) is 0.376. The molecule has 1 unspecified atom stereocenters. The molecule has 0 bridgehead atoms. The SMILES string of the molecule is CC(N(C)c1ncc(CNC(C)(C)C)cn1)C(C)(C)C. The highest BCUT2D eigenvalue weighted by molar-refractivity contribution is 5.30. The predicted octanol–water partition coefficient (Wildman–Crippen LogP) is 3.24. The maximum absolute atomic E-state index is 4.49. The van der Waals surface area contributed by atoms with E-state index in [9.17, 15) is 0 Å². The van der Waals surface area contributed by atoms with Crippen molar-refractivity contribution in [2.24, 2.45) is 5.41 Å². The molecule has 114 valence electrons. The molecule has 1 aromatic rings. The minimum Gasteiger partial charge on any atom is -0.341 e. The minimum atomic E-state index is 0.107. The topological polar surface area (TPSA) is 41.1 Å².